The molecule has 5 N–H and O–H groups in total. The Bertz CT molecular complexity index is 883. The van der Waals surface area contributed by atoms with E-state index in [0.717, 1.165) is 18.2 Å². The summed E-state index contributed by atoms with van der Waals surface area (Å²) in [6.45, 7) is 1.33. The van der Waals surface area contributed by atoms with Gasteiger partial charge in [0.2, 0.25) is 5.78 Å². The van der Waals surface area contributed by atoms with Gasteiger partial charge in [-0.1, -0.05) is 0 Å². The van der Waals surface area contributed by atoms with Gasteiger partial charge in [-0.3, -0.25) is 9.59 Å². The van der Waals surface area contributed by atoms with Crippen molar-refractivity contribution >= 4 is 11.6 Å². The number of phenolic OH excluding ortho intramolecular Hbond substituents is 3. The maximum absolute atomic E-state index is 12.6. The lowest BCUT2D eigenvalue weighted by Crippen LogP contribution is -2.22. The number of aliphatic hydroxyl groups excluding tert-OH is 2. The molecule has 7 heteroatoms. The minimum Gasteiger partial charge on any atom is -0.508 e. The van der Waals surface area contributed by atoms with Crippen molar-refractivity contribution in [3.05, 3.63) is 52.1 Å². The number of phenols is 3. The molecule has 0 heterocycles. The fourth-order valence-electron chi connectivity index (χ4n) is 2.82. The minimum atomic E-state index is -1.36. The van der Waals surface area contributed by atoms with Crippen LogP contribution in [0.2, 0.25) is 0 Å². The Balaban J connectivity index is 2.27. The van der Waals surface area contributed by atoms with Crippen molar-refractivity contribution in [2.75, 3.05) is 0 Å². The molecule has 24 heavy (non-hydrogen) atoms. The summed E-state index contributed by atoms with van der Waals surface area (Å²) >= 11 is 0. The summed E-state index contributed by atoms with van der Waals surface area (Å²) in [5, 5.41) is 48.9. The first-order valence-electron chi connectivity index (χ1n) is 7.10. The van der Waals surface area contributed by atoms with Crippen LogP contribution in [0.25, 0.3) is 0 Å². The van der Waals surface area contributed by atoms with E-state index < -0.39 is 35.3 Å². The van der Waals surface area contributed by atoms with E-state index >= 15 is 0 Å². The van der Waals surface area contributed by atoms with Crippen molar-refractivity contribution in [3.63, 3.8) is 0 Å². The Hall–Kier alpha value is -2.90. The molecule has 0 aliphatic heterocycles. The average molecular weight is 330 g/mol. The highest BCUT2D eigenvalue weighted by molar-refractivity contribution is 6.30. The number of carbonyl (C=O) groups excluding carboxylic acids is 2. The number of aromatic hydroxyl groups is 3. The molecule has 124 valence electrons. The molecule has 3 rings (SSSR count). The number of aliphatic hydroxyl groups is 2. The molecule has 0 saturated carbocycles. The van der Waals surface area contributed by atoms with E-state index in [1.54, 1.807) is 0 Å². The molecule has 1 aliphatic carbocycles. The molecule has 0 saturated heterocycles. The second-order valence-electron chi connectivity index (χ2n) is 5.69. The topological polar surface area (TPSA) is 135 Å². The first kappa shape index (κ1) is 16.0. The zero-order valence-electron chi connectivity index (χ0n) is 12.5. The van der Waals surface area contributed by atoms with Crippen LogP contribution in [0.5, 0.6) is 17.2 Å². The predicted octanol–water partition coefficient (Wildman–Crippen LogP) is 0.993. The van der Waals surface area contributed by atoms with Gasteiger partial charge in [-0.25, -0.2) is 0 Å². The van der Waals surface area contributed by atoms with Gasteiger partial charge in [0.15, 0.2) is 5.78 Å². The number of rotatable bonds is 2. The standard InChI is InChI=1S/C17H14O7/c1-6(18)15(22)7-2-9-13(11(20)3-7)17(24)14-10(16(9)23)4-8(19)5-12(14)21/h2-6,15,18-22H,1H3/t6-,15+/m0/s1. The first-order valence-corrected chi connectivity index (χ1v) is 7.10. The number of ketones is 2. The first-order chi connectivity index (χ1) is 11.2. The van der Waals surface area contributed by atoms with E-state index in [4.69, 9.17) is 0 Å². The van der Waals surface area contributed by atoms with E-state index in [9.17, 15) is 35.1 Å². The number of carbonyl (C=O) groups is 2. The maximum Gasteiger partial charge on any atom is 0.201 e. The van der Waals surface area contributed by atoms with Crippen molar-refractivity contribution in [1.29, 1.82) is 0 Å². The fraction of sp³-hybridized carbons (Fsp3) is 0.176. The van der Waals surface area contributed by atoms with Crippen molar-refractivity contribution < 1.29 is 35.1 Å². The molecule has 2 aromatic carbocycles. The van der Waals surface area contributed by atoms with Crippen LogP contribution in [0, 0.1) is 0 Å². The monoisotopic (exact) mass is 330 g/mol. The molecular weight excluding hydrogens is 316 g/mol. The normalized spacial score (nSPS) is 15.6. The number of hydrogen-bond donors (Lipinski definition) is 5. The zero-order valence-corrected chi connectivity index (χ0v) is 12.5. The van der Waals surface area contributed by atoms with Crippen molar-refractivity contribution in [3.8, 4) is 17.2 Å². The summed E-state index contributed by atoms with van der Waals surface area (Å²) in [4.78, 5) is 25.2. The van der Waals surface area contributed by atoms with Crippen LogP contribution in [0.15, 0.2) is 24.3 Å². The van der Waals surface area contributed by atoms with E-state index in [1.165, 1.54) is 13.0 Å². The van der Waals surface area contributed by atoms with Gasteiger partial charge in [0.05, 0.1) is 17.2 Å². The van der Waals surface area contributed by atoms with Gasteiger partial charge in [-0.15, -0.1) is 0 Å². The van der Waals surface area contributed by atoms with Gasteiger partial charge in [0.1, 0.15) is 23.4 Å². The number of fused-ring (bicyclic) bond motifs is 2. The largest absolute Gasteiger partial charge is 0.508 e. The van der Waals surface area contributed by atoms with Crippen LogP contribution in [-0.4, -0.2) is 43.2 Å². The smallest absolute Gasteiger partial charge is 0.201 e. The van der Waals surface area contributed by atoms with Gasteiger partial charge in [-0.2, -0.15) is 0 Å². The molecule has 0 bridgehead atoms. The Labute approximate surface area is 136 Å². The third-order valence-electron chi connectivity index (χ3n) is 3.98. The quantitative estimate of drug-likeness (QED) is 0.473. The van der Waals surface area contributed by atoms with Gasteiger partial charge >= 0.3 is 0 Å². The third-order valence-corrected chi connectivity index (χ3v) is 3.98. The Morgan fingerprint density at radius 1 is 0.792 bits per heavy atom. The lowest BCUT2D eigenvalue weighted by molar-refractivity contribution is 0.0303. The molecule has 0 fully saturated rings. The van der Waals surface area contributed by atoms with E-state index in [-0.39, 0.29) is 33.6 Å². The summed E-state index contributed by atoms with van der Waals surface area (Å²) in [6.07, 6.45) is -2.51. The molecule has 2 atom stereocenters. The molecule has 7 nitrogen and oxygen atoms in total. The minimum absolute atomic E-state index is 0.0650. The lowest BCUT2D eigenvalue weighted by atomic mass is 9.81. The molecule has 0 spiro atoms. The molecule has 1 aliphatic rings. The van der Waals surface area contributed by atoms with Crippen LogP contribution in [0.1, 0.15) is 50.4 Å². The van der Waals surface area contributed by atoms with Gasteiger partial charge < -0.3 is 25.5 Å². The molecule has 0 aromatic heterocycles. The maximum atomic E-state index is 12.6. The zero-order chi connectivity index (χ0) is 17.8. The summed E-state index contributed by atoms with van der Waals surface area (Å²) in [5.41, 5.74) is -0.907. The molecule has 0 amide bonds. The second kappa shape index (κ2) is 5.33. The molecular formula is C17H14O7. The fourth-order valence-corrected chi connectivity index (χ4v) is 2.82. The number of hydrogen-bond acceptors (Lipinski definition) is 7. The Morgan fingerprint density at radius 2 is 1.33 bits per heavy atom. The van der Waals surface area contributed by atoms with Gasteiger partial charge in [0, 0.05) is 17.2 Å². The highest BCUT2D eigenvalue weighted by Crippen LogP contribution is 2.40. The summed E-state index contributed by atoms with van der Waals surface area (Å²) in [7, 11) is 0. The Morgan fingerprint density at radius 3 is 1.92 bits per heavy atom. The second-order valence-corrected chi connectivity index (χ2v) is 5.69. The van der Waals surface area contributed by atoms with Gasteiger partial charge in [-0.05, 0) is 30.7 Å². The number of benzene rings is 2. The molecule has 2 aromatic rings. The van der Waals surface area contributed by atoms with Crippen molar-refractivity contribution in [1.82, 2.24) is 0 Å². The van der Waals surface area contributed by atoms with E-state index in [2.05, 4.69) is 0 Å². The van der Waals surface area contributed by atoms with Crippen LogP contribution >= 0.6 is 0 Å². The SMILES string of the molecule is C[C@H](O)[C@@H](O)c1cc(O)c2c(c1)C(=O)c1cc(O)cc(O)c1C2=O. The van der Waals surface area contributed by atoms with E-state index in [0.29, 0.717) is 0 Å². The lowest BCUT2D eigenvalue weighted by Gasteiger charge is -2.22. The van der Waals surface area contributed by atoms with Crippen molar-refractivity contribution in [2.45, 2.75) is 19.1 Å². The molecule has 0 unspecified atom stereocenters. The summed E-state index contributed by atoms with van der Waals surface area (Å²) in [5.74, 6) is -2.96. The van der Waals surface area contributed by atoms with Crippen LogP contribution in [0.4, 0.5) is 0 Å². The van der Waals surface area contributed by atoms with Crippen molar-refractivity contribution in [2.24, 2.45) is 0 Å². The van der Waals surface area contributed by atoms with Gasteiger partial charge in [0.25, 0.3) is 0 Å². The predicted molar refractivity (Wildman–Crippen MR) is 81.4 cm³/mol. The summed E-state index contributed by atoms with van der Waals surface area (Å²) in [6, 6.07) is 4.27. The average Bonchev–Trinajstić information content (AvgIpc) is 2.50. The summed E-state index contributed by atoms with van der Waals surface area (Å²) < 4.78 is 0. The van der Waals surface area contributed by atoms with Crippen LogP contribution < -0.4 is 0 Å². The highest BCUT2D eigenvalue weighted by Gasteiger charge is 2.35. The van der Waals surface area contributed by atoms with Crippen LogP contribution in [-0.2, 0) is 0 Å². The molecule has 0 radical (unpaired) electrons. The Kier molecular flexibility index (Phi) is 3.55. The third kappa shape index (κ3) is 2.22. The van der Waals surface area contributed by atoms with E-state index in [1.807, 2.05) is 0 Å². The van der Waals surface area contributed by atoms with Crippen LogP contribution in [0.3, 0.4) is 0 Å². The highest BCUT2D eigenvalue weighted by atomic mass is 16.3.